The molecule has 144 valence electrons. The third kappa shape index (κ3) is 7.02. The van der Waals surface area contributed by atoms with Crippen LogP contribution >= 0.6 is 11.8 Å². The van der Waals surface area contributed by atoms with Crippen molar-refractivity contribution in [1.82, 2.24) is 10.6 Å². The second-order valence-electron chi connectivity index (χ2n) is 7.33. The van der Waals surface area contributed by atoms with Crippen molar-refractivity contribution in [1.29, 1.82) is 0 Å². The van der Waals surface area contributed by atoms with Crippen LogP contribution in [0.5, 0.6) is 0 Å². The predicted molar refractivity (Wildman–Crippen MR) is 109 cm³/mol. The van der Waals surface area contributed by atoms with Gasteiger partial charge in [-0.05, 0) is 62.0 Å². The van der Waals surface area contributed by atoms with Crippen molar-refractivity contribution in [2.24, 2.45) is 11.8 Å². The zero-order valence-corrected chi connectivity index (χ0v) is 16.8. The summed E-state index contributed by atoms with van der Waals surface area (Å²) in [6.07, 6.45) is 7.60. The summed E-state index contributed by atoms with van der Waals surface area (Å²) in [7, 11) is 0. The molecule has 1 aromatic carbocycles. The lowest BCUT2D eigenvalue weighted by Crippen LogP contribution is -2.49. The number of hydrogen-bond acceptors (Lipinski definition) is 3. The first-order valence-electron chi connectivity index (χ1n) is 9.71. The van der Waals surface area contributed by atoms with Crippen LogP contribution in [0.4, 0.5) is 0 Å². The molecule has 2 N–H and O–H groups in total. The Kier molecular flexibility index (Phi) is 9.02. The minimum absolute atomic E-state index is 0.0567. The van der Waals surface area contributed by atoms with E-state index in [1.807, 2.05) is 24.5 Å². The highest BCUT2D eigenvalue weighted by molar-refractivity contribution is 7.98. The second-order valence-corrected chi connectivity index (χ2v) is 8.31. The molecule has 0 heterocycles. The molecule has 26 heavy (non-hydrogen) atoms. The molecule has 0 unspecified atom stereocenters. The standard InChI is InChI=1S/C21H32N2O2S/c1-16-8-10-18(11-9-16)20(24)23-19(13-15-26-2)21(25)22-14-12-17-6-4-3-5-7-17/h3-7,16,18-19H,8-15H2,1-2H3,(H,22,25)(H,23,24)/t16?,18?,19-/m1/s1. The minimum atomic E-state index is -0.426. The highest BCUT2D eigenvalue weighted by Gasteiger charge is 2.28. The molecular weight excluding hydrogens is 344 g/mol. The van der Waals surface area contributed by atoms with Gasteiger partial charge in [-0.15, -0.1) is 0 Å². The predicted octanol–water partition coefficient (Wildman–Crippen LogP) is 3.41. The van der Waals surface area contributed by atoms with E-state index in [2.05, 4.69) is 29.7 Å². The molecule has 4 nitrogen and oxygen atoms in total. The van der Waals surface area contributed by atoms with Crippen LogP contribution in [0, 0.1) is 11.8 Å². The van der Waals surface area contributed by atoms with Gasteiger partial charge in [-0.2, -0.15) is 11.8 Å². The number of nitrogens with one attached hydrogen (secondary N) is 2. The Labute approximate surface area is 161 Å². The normalized spacial score (nSPS) is 21.0. The summed E-state index contributed by atoms with van der Waals surface area (Å²) in [6.45, 7) is 2.84. The Balaban J connectivity index is 1.82. The summed E-state index contributed by atoms with van der Waals surface area (Å²) in [4.78, 5) is 25.2. The Bertz CT molecular complexity index is 556. The third-order valence-corrected chi connectivity index (χ3v) is 5.83. The fraction of sp³-hybridized carbons (Fsp3) is 0.619. The fourth-order valence-electron chi connectivity index (χ4n) is 3.41. The third-order valence-electron chi connectivity index (χ3n) is 5.19. The van der Waals surface area contributed by atoms with E-state index in [0.717, 1.165) is 37.9 Å². The van der Waals surface area contributed by atoms with E-state index in [0.29, 0.717) is 18.9 Å². The quantitative estimate of drug-likeness (QED) is 0.694. The summed E-state index contributed by atoms with van der Waals surface area (Å²) in [6, 6.07) is 9.69. The van der Waals surface area contributed by atoms with Gasteiger partial charge in [0.25, 0.3) is 0 Å². The summed E-state index contributed by atoms with van der Waals surface area (Å²) in [5, 5.41) is 6.01. The molecule has 2 rings (SSSR count). The number of hydrogen-bond donors (Lipinski definition) is 2. The highest BCUT2D eigenvalue weighted by atomic mass is 32.2. The molecule has 1 aromatic rings. The van der Waals surface area contributed by atoms with E-state index in [-0.39, 0.29) is 17.7 Å². The van der Waals surface area contributed by atoms with Crippen LogP contribution in [0.15, 0.2) is 30.3 Å². The first-order chi connectivity index (χ1) is 12.6. The molecule has 1 aliphatic carbocycles. The van der Waals surface area contributed by atoms with Crippen LogP contribution in [-0.2, 0) is 16.0 Å². The zero-order chi connectivity index (χ0) is 18.8. The molecule has 0 radical (unpaired) electrons. The van der Waals surface area contributed by atoms with Crippen molar-refractivity contribution in [3.8, 4) is 0 Å². The van der Waals surface area contributed by atoms with Gasteiger partial charge in [0, 0.05) is 12.5 Å². The van der Waals surface area contributed by atoms with Gasteiger partial charge in [-0.3, -0.25) is 9.59 Å². The second kappa shape index (κ2) is 11.3. The first kappa shape index (κ1) is 20.8. The maximum absolute atomic E-state index is 12.6. The fourth-order valence-corrected chi connectivity index (χ4v) is 3.89. The van der Waals surface area contributed by atoms with E-state index in [1.165, 1.54) is 5.56 Å². The highest BCUT2D eigenvalue weighted by Crippen LogP contribution is 2.28. The van der Waals surface area contributed by atoms with E-state index in [1.54, 1.807) is 11.8 Å². The van der Waals surface area contributed by atoms with Gasteiger partial charge in [0.1, 0.15) is 6.04 Å². The molecule has 2 amide bonds. The van der Waals surface area contributed by atoms with E-state index in [4.69, 9.17) is 0 Å². The van der Waals surface area contributed by atoms with Crippen LogP contribution in [0.25, 0.3) is 0 Å². The number of amides is 2. The van der Waals surface area contributed by atoms with Crippen molar-refractivity contribution in [2.45, 2.75) is 51.5 Å². The summed E-state index contributed by atoms with van der Waals surface area (Å²) in [5.41, 5.74) is 1.20. The van der Waals surface area contributed by atoms with Crippen LogP contribution in [0.1, 0.15) is 44.6 Å². The van der Waals surface area contributed by atoms with Gasteiger partial charge in [0.05, 0.1) is 0 Å². The Hall–Kier alpha value is -1.49. The lowest BCUT2D eigenvalue weighted by molar-refractivity contribution is -0.132. The van der Waals surface area contributed by atoms with Gasteiger partial charge in [0.2, 0.25) is 11.8 Å². The summed E-state index contributed by atoms with van der Waals surface area (Å²) >= 11 is 1.70. The lowest BCUT2D eigenvalue weighted by atomic mass is 9.82. The van der Waals surface area contributed by atoms with Crippen molar-refractivity contribution < 1.29 is 9.59 Å². The Morgan fingerprint density at radius 2 is 1.85 bits per heavy atom. The topological polar surface area (TPSA) is 58.2 Å². The molecule has 0 aromatic heterocycles. The minimum Gasteiger partial charge on any atom is -0.354 e. The van der Waals surface area contributed by atoms with Crippen molar-refractivity contribution >= 4 is 23.6 Å². The van der Waals surface area contributed by atoms with Crippen LogP contribution < -0.4 is 10.6 Å². The number of carbonyl (C=O) groups is 2. The van der Waals surface area contributed by atoms with Crippen molar-refractivity contribution in [3.63, 3.8) is 0 Å². The maximum Gasteiger partial charge on any atom is 0.242 e. The van der Waals surface area contributed by atoms with Gasteiger partial charge >= 0.3 is 0 Å². The number of carbonyl (C=O) groups excluding carboxylic acids is 2. The van der Waals surface area contributed by atoms with Gasteiger partial charge in [0.15, 0.2) is 0 Å². The van der Waals surface area contributed by atoms with Gasteiger partial charge < -0.3 is 10.6 Å². The van der Waals surface area contributed by atoms with Gasteiger partial charge in [-0.1, -0.05) is 37.3 Å². The van der Waals surface area contributed by atoms with Crippen LogP contribution in [-0.4, -0.2) is 36.4 Å². The van der Waals surface area contributed by atoms with E-state index >= 15 is 0 Å². The number of rotatable bonds is 9. The Morgan fingerprint density at radius 1 is 1.15 bits per heavy atom. The molecular formula is C21H32N2O2S. The van der Waals surface area contributed by atoms with Crippen molar-refractivity contribution in [3.05, 3.63) is 35.9 Å². The monoisotopic (exact) mass is 376 g/mol. The molecule has 0 bridgehead atoms. The molecule has 5 heteroatoms. The Morgan fingerprint density at radius 3 is 2.50 bits per heavy atom. The van der Waals surface area contributed by atoms with Crippen LogP contribution in [0.2, 0.25) is 0 Å². The largest absolute Gasteiger partial charge is 0.354 e. The first-order valence-corrected chi connectivity index (χ1v) is 11.1. The molecule has 1 aliphatic rings. The van der Waals surface area contributed by atoms with Crippen LogP contribution in [0.3, 0.4) is 0 Å². The van der Waals surface area contributed by atoms with Crippen molar-refractivity contribution in [2.75, 3.05) is 18.6 Å². The number of benzene rings is 1. The average Bonchev–Trinajstić information content (AvgIpc) is 2.66. The summed E-state index contributed by atoms with van der Waals surface area (Å²) < 4.78 is 0. The molecule has 0 saturated heterocycles. The zero-order valence-electron chi connectivity index (χ0n) is 16.0. The average molecular weight is 377 g/mol. The molecule has 0 aliphatic heterocycles. The smallest absolute Gasteiger partial charge is 0.242 e. The summed E-state index contributed by atoms with van der Waals surface area (Å²) in [5.74, 6) is 1.64. The molecule has 1 saturated carbocycles. The maximum atomic E-state index is 12.6. The molecule has 1 atom stereocenters. The molecule has 1 fully saturated rings. The molecule has 0 spiro atoms. The van der Waals surface area contributed by atoms with E-state index in [9.17, 15) is 9.59 Å². The number of thioether (sulfide) groups is 1. The van der Waals surface area contributed by atoms with E-state index < -0.39 is 6.04 Å². The van der Waals surface area contributed by atoms with Gasteiger partial charge in [-0.25, -0.2) is 0 Å². The SMILES string of the molecule is CSCC[C@@H](NC(=O)C1CCC(C)CC1)C(=O)NCCc1ccccc1. The lowest BCUT2D eigenvalue weighted by Gasteiger charge is -2.27.